The molecule has 2 aliphatic rings. The van der Waals surface area contributed by atoms with Gasteiger partial charge in [0.1, 0.15) is 0 Å². The SMILES string of the molecule is O=CNC/C=C/C(=O)CCC(=O)N1CCN(Cc2cc3nc(-c4cccc5[nH]ncc45)nc(N4CCOCC4)c3s2)CC1. The highest BCUT2D eigenvalue weighted by molar-refractivity contribution is 7.19. The molecule has 0 aliphatic carbocycles. The topological polar surface area (TPSA) is 137 Å². The Balaban J connectivity index is 1.13. The summed E-state index contributed by atoms with van der Waals surface area (Å²) in [5.74, 6) is 1.51. The van der Waals surface area contributed by atoms with E-state index >= 15 is 0 Å². The Bertz CT molecular complexity index is 1640. The Hall–Kier alpha value is -4.20. The number of nitrogens with zero attached hydrogens (tertiary/aromatic N) is 6. The minimum atomic E-state index is -0.117. The zero-order chi connectivity index (χ0) is 29.6. The molecule has 2 fully saturated rings. The summed E-state index contributed by atoms with van der Waals surface area (Å²) >= 11 is 1.73. The lowest BCUT2D eigenvalue weighted by molar-refractivity contribution is -0.134. The van der Waals surface area contributed by atoms with E-state index < -0.39 is 0 Å². The van der Waals surface area contributed by atoms with Crippen molar-refractivity contribution in [3.63, 3.8) is 0 Å². The lowest BCUT2D eigenvalue weighted by Crippen LogP contribution is -2.48. The van der Waals surface area contributed by atoms with Crippen LogP contribution in [-0.2, 0) is 25.7 Å². The quantitative estimate of drug-likeness (QED) is 0.151. The fraction of sp³-hybridized carbons (Fsp3) is 0.400. The molecule has 2 N–H and O–H groups in total. The summed E-state index contributed by atoms with van der Waals surface area (Å²) in [6, 6.07) is 8.20. The van der Waals surface area contributed by atoms with Gasteiger partial charge in [-0.3, -0.25) is 24.4 Å². The molecule has 1 aromatic carbocycles. The second-order valence-electron chi connectivity index (χ2n) is 10.6. The molecule has 0 bridgehead atoms. The highest BCUT2D eigenvalue weighted by Gasteiger charge is 2.24. The third kappa shape index (κ3) is 6.74. The third-order valence-electron chi connectivity index (χ3n) is 7.75. The van der Waals surface area contributed by atoms with E-state index in [9.17, 15) is 14.4 Å². The van der Waals surface area contributed by atoms with Gasteiger partial charge in [0, 0.05) is 81.0 Å². The van der Waals surface area contributed by atoms with Gasteiger partial charge in [-0.2, -0.15) is 5.10 Å². The van der Waals surface area contributed by atoms with Crippen LogP contribution in [0, 0.1) is 0 Å². The van der Waals surface area contributed by atoms with Crippen molar-refractivity contribution in [1.82, 2.24) is 35.3 Å². The van der Waals surface area contributed by atoms with E-state index in [1.54, 1.807) is 17.4 Å². The Morgan fingerprint density at radius 3 is 2.72 bits per heavy atom. The number of amides is 2. The summed E-state index contributed by atoms with van der Waals surface area (Å²) < 4.78 is 6.69. The first kappa shape index (κ1) is 28.9. The number of nitrogens with one attached hydrogen (secondary N) is 2. The number of fused-ring (bicyclic) bond motifs is 2. The van der Waals surface area contributed by atoms with Gasteiger partial charge in [-0.25, -0.2) is 9.97 Å². The second-order valence-corrected chi connectivity index (χ2v) is 11.7. The van der Waals surface area contributed by atoms with Crippen LogP contribution in [0.1, 0.15) is 17.7 Å². The molecule has 43 heavy (non-hydrogen) atoms. The third-order valence-corrected chi connectivity index (χ3v) is 8.86. The number of ketones is 1. The molecule has 0 saturated carbocycles. The van der Waals surface area contributed by atoms with Crippen molar-refractivity contribution in [2.24, 2.45) is 0 Å². The van der Waals surface area contributed by atoms with Crippen molar-refractivity contribution in [2.75, 3.05) is 63.9 Å². The molecule has 0 spiro atoms. The van der Waals surface area contributed by atoms with Gasteiger partial charge in [-0.1, -0.05) is 18.2 Å². The Labute approximate surface area is 252 Å². The van der Waals surface area contributed by atoms with E-state index in [1.165, 1.54) is 11.0 Å². The standard InChI is InChI=1S/C30H34N8O4S/c39-20-31-8-2-3-21(40)6-7-27(41)37-11-9-36(10-12-37)19-22-17-26-28(43-22)30(38-13-15-42-16-14-38)34-29(33-26)23-4-1-5-25-24(23)18-32-35-25/h1-5,17-18,20H,6-16,19H2,(H,31,39)(H,32,35)/b3-2+. The summed E-state index contributed by atoms with van der Waals surface area (Å²) in [7, 11) is 0. The lowest BCUT2D eigenvalue weighted by atomic mass is 10.1. The van der Waals surface area contributed by atoms with E-state index in [0.717, 1.165) is 65.2 Å². The Morgan fingerprint density at radius 1 is 1.07 bits per heavy atom. The van der Waals surface area contributed by atoms with Crippen LogP contribution in [0.5, 0.6) is 0 Å². The number of aromatic amines is 1. The van der Waals surface area contributed by atoms with Gasteiger partial charge in [0.15, 0.2) is 17.4 Å². The molecule has 12 nitrogen and oxygen atoms in total. The predicted molar refractivity (Wildman–Crippen MR) is 165 cm³/mol. The number of carbonyl (C=O) groups is 3. The largest absolute Gasteiger partial charge is 0.378 e. The predicted octanol–water partition coefficient (Wildman–Crippen LogP) is 2.37. The number of piperazine rings is 1. The zero-order valence-corrected chi connectivity index (χ0v) is 24.6. The molecular weight excluding hydrogens is 568 g/mol. The van der Waals surface area contributed by atoms with E-state index in [4.69, 9.17) is 14.7 Å². The minimum absolute atomic E-state index is 0.000113. The molecule has 2 amide bonds. The highest BCUT2D eigenvalue weighted by atomic mass is 32.1. The van der Waals surface area contributed by atoms with Crippen molar-refractivity contribution in [2.45, 2.75) is 19.4 Å². The van der Waals surface area contributed by atoms with Crippen LogP contribution in [0.3, 0.4) is 0 Å². The van der Waals surface area contributed by atoms with Crippen LogP contribution >= 0.6 is 11.3 Å². The van der Waals surface area contributed by atoms with Crippen LogP contribution in [0.4, 0.5) is 5.82 Å². The molecule has 3 aromatic heterocycles. The molecular formula is C30H34N8O4S. The van der Waals surface area contributed by atoms with Crippen LogP contribution < -0.4 is 10.2 Å². The highest BCUT2D eigenvalue weighted by Crippen LogP contribution is 2.36. The average Bonchev–Trinajstić information content (AvgIpc) is 3.69. The summed E-state index contributed by atoms with van der Waals surface area (Å²) in [5.41, 5.74) is 2.83. The van der Waals surface area contributed by atoms with Crippen LogP contribution in [-0.4, -0.2) is 107 Å². The first-order valence-electron chi connectivity index (χ1n) is 14.5. The summed E-state index contributed by atoms with van der Waals surface area (Å²) in [4.78, 5) is 52.8. The number of ether oxygens (including phenoxy) is 1. The number of aromatic nitrogens is 4. The zero-order valence-electron chi connectivity index (χ0n) is 23.8. The Kier molecular flexibility index (Phi) is 9.01. The second kappa shape index (κ2) is 13.4. The molecule has 2 aliphatic heterocycles. The lowest BCUT2D eigenvalue weighted by Gasteiger charge is -2.34. The van der Waals surface area contributed by atoms with Crippen molar-refractivity contribution in [3.05, 3.63) is 47.5 Å². The number of anilines is 1. The van der Waals surface area contributed by atoms with Crippen LogP contribution in [0.2, 0.25) is 0 Å². The normalized spacial score (nSPS) is 16.4. The smallest absolute Gasteiger partial charge is 0.223 e. The average molecular weight is 603 g/mol. The molecule has 2 saturated heterocycles. The van der Waals surface area contributed by atoms with Crippen LogP contribution in [0.25, 0.3) is 32.5 Å². The number of hydrogen-bond donors (Lipinski definition) is 2. The van der Waals surface area contributed by atoms with E-state index in [1.807, 2.05) is 29.3 Å². The number of carbonyl (C=O) groups excluding carboxylic acids is 3. The summed E-state index contributed by atoms with van der Waals surface area (Å²) in [6.07, 6.45) is 5.77. The van der Waals surface area contributed by atoms with Crippen molar-refractivity contribution >= 4 is 56.4 Å². The first-order chi connectivity index (χ1) is 21.1. The van der Waals surface area contributed by atoms with Gasteiger partial charge in [0.05, 0.1) is 35.1 Å². The van der Waals surface area contributed by atoms with Gasteiger partial charge in [-0.15, -0.1) is 11.3 Å². The number of H-pyrrole nitrogens is 1. The fourth-order valence-corrected chi connectivity index (χ4v) is 6.62. The number of benzene rings is 1. The van der Waals surface area contributed by atoms with Gasteiger partial charge in [0.2, 0.25) is 12.3 Å². The first-order valence-corrected chi connectivity index (χ1v) is 15.3. The molecule has 224 valence electrons. The molecule has 0 radical (unpaired) electrons. The van der Waals surface area contributed by atoms with Gasteiger partial charge >= 0.3 is 0 Å². The van der Waals surface area contributed by atoms with Gasteiger partial charge in [0.25, 0.3) is 0 Å². The van der Waals surface area contributed by atoms with Crippen molar-refractivity contribution in [1.29, 1.82) is 0 Å². The number of rotatable bonds is 11. The van der Waals surface area contributed by atoms with E-state index in [2.05, 4.69) is 31.4 Å². The van der Waals surface area contributed by atoms with Crippen molar-refractivity contribution < 1.29 is 19.1 Å². The van der Waals surface area contributed by atoms with Crippen LogP contribution in [0.15, 0.2) is 42.6 Å². The van der Waals surface area contributed by atoms with E-state index in [-0.39, 0.29) is 24.5 Å². The van der Waals surface area contributed by atoms with Gasteiger partial charge < -0.3 is 19.9 Å². The monoisotopic (exact) mass is 602 g/mol. The van der Waals surface area contributed by atoms with Gasteiger partial charge in [-0.05, 0) is 18.2 Å². The summed E-state index contributed by atoms with van der Waals surface area (Å²) in [6.45, 7) is 6.77. The number of thiophene rings is 1. The molecule has 13 heteroatoms. The molecule has 0 unspecified atom stereocenters. The van der Waals surface area contributed by atoms with Crippen molar-refractivity contribution in [3.8, 4) is 11.4 Å². The van der Waals surface area contributed by atoms with E-state index in [0.29, 0.717) is 45.1 Å². The minimum Gasteiger partial charge on any atom is -0.378 e. The maximum Gasteiger partial charge on any atom is 0.223 e. The Morgan fingerprint density at radius 2 is 1.91 bits per heavy atom. The molecule has 0 atom stereocenters. The molecule has 5 heterocycles. The molecule has 6 rings (SSSR count). The number of hydrogen-bond acceptors (Lipinski definition) is 10. The number of allylic oxidation sites excluding steroid dienone is 1. The fourth-order valence-electron chi connectivity index (χ4n) is 5.47. The number of morpholine rings is 1. The summed E-state index contributed by atoms with van der Waals surface area (Å²) in [5, 5.41) is 10.7. The maximum absolute atomic E-state index is 12.7. The maximum atomic E-state index is 12.7. The molecule has 4 aromatic rings.